The zero-order chi connectivity index (χ0) is 12.7. The van der Waals surface area contributed by atoms with Crippen LogP contribution in [-0.4, -0.2) is 4.98 Å². The molecule has 0 aliphatic heterocycles. The Bertz CT molecular complexity index is 597. The number of nitrogens with zero attached hydrogens (tertiary/aromatic N) is 1. The SMILES string of the molecule is NC1CCCc2sc(-c3ccc(Br)cc3F)nc21. The van der Waals surface area contributed by atoms with Crippen molar-refractivity contribution < 1.29 is 4.39 Å². The van der Waals surface area contributed by atoms with Gasteiger partial charge in [0.15, 0.2) is 0 Å². The van der Waals surface area contributed by atoms with E-state index in [1.165, 1.54) is 10.9 Å². The Morgan fingerprint density at radius 1 is 1.44 bits per heavy atom. The molecule has 1 aromatic carbocycles. The van der Waals surface area contributed by atoms with Crippen molar-refractivity contribution in [2.24, 2.45) is 5.73 Å². The van der Waals surface area contributed by atoms with Gasteiger partial charge in [0, 0.05) is 21.0 Å². The van der Waals surface area contributed by atoms with Crippen LogP contribution >= 0.6 is 27.3 Å². The number of aromatic nitrogens is 1. The maximum atomic E-state index is 13.9. The lowest BCUT2D eigenvalue weighted by molar-refractivity contribution is 0.564. The molecule has 0 fully saturated rings. The molecule has 1 aliphatic carbocycles. The van der Waals surface area contributed by atoms with Crippen molar-refractivity contribution in [3.8, 4) is 10.6 Å². The van der Waals surface area contributed by atoms with Gasteiger partial charge in [-0.25, -0.2) is 9.37 Å². The minimum Gasteiger partial charge on any atom is -0.323 e. The second kappa shape index (κ2) is 4.72. The van der Waals surface area contributed by atoms with Gasteiger partial charge in [0.25, 0.3) is 0 Å². The van der Waals surface area contributed by atoms with Gasteiger partial charge in [-0.05, 0) is 37.5 Å². The summed E-state index contributed by atoms with van der Waals surface area (Å²) in [5.41, 5.74) is 7.56. The largest absolute Gasteiger partial charge is 0.323 e. The van der Waals surface area contributed by atoms with E-state index < -0.39 is 0 Å². The standard InChI is InChI=1S/C13H12BrFN2S/c14-7-4-5-8(9(15)6-7)13-17-12-10(16)2-1-3-11(12)18-13/h4-6,10H,1-3,16H2. The fourth-order valence-electron chi connectivity index (χ4n) is 2.23. The van der Waals surface area contributed by atoms with Crippen molar-refractivity contribution in [2.75, 3.05) is 0 Å². The summed E-state index contributed by atoms with van der Waals surface area (Å²) >= 11 is 4.82. The smallest absolute Gasteiger partial charge is 0.134 e. The van der Waals surface area contributed by atoms with E-state index in [1.54, 1.807) is 17.4 Å². The van der Waals surface area contributed by atoms with Crippen LogP contribution < -0.4 is 5.73 Å². The van der Waals surface area contributed by atoms with Gasteiger partial charge in [-0.3, -0.25) is 0 Å². The second-order valence-corrected chi connectivity index (χ2v) is 6.45. The van der Waals surface area contributed by atoms with E-state index in [-0.39, 0.29) is 11.9 Å². The highest BCUT2D eigenvalue weighted by atomic mass is 79.9. The lowest BCUT2D eigenvalue weighted by Gasteiger charge is -2.15. The summed E-state index contributed by atoms with van der Waals surface area (Å²) in [5.74, 6) is -0.246. The fourth-order valence-corrected chi connectivity index (χ4v) is 3.76. The van der Waals surface area contributed by atoms with E-state index in [9.17, 15) is 4.39 Å². The maximum absolute atomic E-state index is 13.9. The number of hydrogen-bond acceptors (Lipinski definition) is 3. The molecule has 2 aromatic rings. The van der Waals surface area contributed by atoms with Gasteiger partial charge in [0.2, 0.25) is 0 Å². The van der Waals surface area contributed by atoms with Crippen LogP contribution in [0, 0.1) is 5.82 Å². The summed E-state index contributed by atoms with van der Waals surface area (Å²) in [6.45, 7) is 0. The molecule has 2 N–H and O–H groups in total. The number of thiazole rings is 1. The molecule has 1 aliphatic rings. The third-order valence-corrected chi connectivity index (χ3v) is 4.82. The Morgan fingerprint density at radius 3 is 3.00 bits per heavy atom. The van der Waals surface area contributed by atoms with Crippen molar-refractivity contribution >= 4 is 27.3 Å². The van der Waals surface area contributed by atoms with Gasteiger partial charge in [0.05, 0.1) is 5.69 Å². The molecule has 1 unspecified atom stereocenters. The minimum absolute atomic E-state index is 0.0114. The van der Waals surface area contributed by atoms with Gasteiger partial charge in [-0.2, -0.15) is 0 Å². The molecule has 0 amide bonds. The van der Waals surface area contributed by atoms with Crippen LogP contribution in [0.1, 0.15) is 29.5 Å². The molecule has 0 saturated heterocycles. The first-order valence-corrected chi connectivity index (χ1v) is 7.46. The van der Waals surface area contributed by atoms with Crippen LogP contribution in [0.2, 0.25) is 0 Å². The first-order chi connectivity index (χ1) is 8.65. The Labute approximate surface area is 117 Å². The first-order valence-electron chi connectivity index (χ1n) is 5.86. The van der Waals surface area contributed by atoms with Gasteiger partial charge < -0.3 is 5.73 Å². The van der Waals surface area contributed by atoms with E-state index in [4.69, 9.17) is 5.73 Å². The Morgan fingerprint density at radius 2 is 2.28 bits per heavy atom. The highest BCUT2D eigenvalue weighted by molar-refractivity contribution is 9.10. The van der Waals surface area contributed by atoms with Crippen LogP contribution in [0.3, 0.4) is 0 Å². The molecule has 3 rings (SSSR count). The normalized spacial score (nSPS) is 18.7. The van der Waals surface area contributed by atoms with E-state index >= 15 is 0 Å². The third kappa shape index (κ3) is 2.11. The molecule has 2 nitrogen and oxygen atoms in total. The number of hydrogen-bond donors (Lipinski definition) is 1. The average molecular weight is 327 g/mol. The van der Waals surface area contributed by atoms with E-state index in [0.29, 0.717) is 5.56 Å². The average Bonchev–Trinajstić information content (AvgIpc) is 2.74. The summed E-state index contributed by atoms with van der Waals surface area (Å²) in [5, 5.41) is 0.738. The lowest BCUT2D eigenvalue weighted by atomic mass is 9.99. The molecule has 0 spiro atoms. The predicted molar refractivity (Wildman–Crippen MR) is 75.1 cm³/mol. The highest BCUT2D eigenvalue weighted by Crippen LogP contribution is 2.37. The number of aryl methyl sites for hydroxylation is 1. The van der Waals surface area contributed by atoms with Crippen LogP contribution in [0.25, 0.3) is 10.6 Å². The Kier molecular flexibility index (Phi) is 3.21. The third-order valence-electron chi connectivity index (χ3n) is 3.16. The molecule has 1 aromatic heterocycles. The predicted octanol–water partition coefficient (Wildman–Crippen LogP) is 4.05. The van der Waals surface area contributed by atoms with Crippen LogP contribution in [0.4, 0.5) is 4.39 Å². The summed E-state index contributed by atoms with van der Waals surface area (Å²) in [6.07, 6.45) is 3.08. The van der Waals surface area contributed by atoms with E-state index in [0.717, 1.165) is 34.4 Å². The molecule has 94 valence electrons. The lowest BCUT2D eigenvalue weighted by Crippen LogP contribution is -2.16. The molecule has 0 saturated carbocycles. The van der Waals surface area contributed by atoms with Crippen molar-refractivity contribution in [1.82, 2.24) is 4.98 Å². The number of benzene rings is 1. The molecule has 1 heterocycles. The molecule has 1 atom stereocenters. The molecule has 0 radical (unpaired) electrons. The number of fused-ring (bicyclic) bond motifs is 1. The molecule has 5 heteroatoms. The van der Waals surface area contributed by atoms with Crippen LogP contribution in [-0.2, 0) is 6.42 Å². The van der Waals surface area contributed by atoms with Crippen molar-refractivity contribution in [3.05, 3.63) is 39.1 Å². The molecular weight excluding hydrogens is 315 g/mol. The monoisotopic (exact) mass is 326 g/mol. The Hall–Kier alpha value is -0.780. The van der Waals surface area contributed by atoms with E-state index in [2.05, 4.69) is 20.9 Å². The molecule has 0 bridgehead atoms. The first kappa shape index (κ1) is 12.3. The zero-order valence-corrected chi connectivity index (χ0v) is 12.0. The number of halogens is 2. The quantitative estimate of drug-likeness (QED) is 0.858. The summed E-state index contributed by atoms with van der Waals surface area (Å²) in [4.78, 5) is 5.74. The summed E-state index contributed by atoms with van der Waals surface area (Å²) in [6, 6.07) is 5.07. The Balaban J connectivity index is 2.07. The van der Waals surface area contributed by atoms with Gasteiger partial charge >= 0.3 is 0 Å². The van der Waals surface area contributed by atoms with Crippen LogP contribution in [0.15, 0.2) is 22.7 Å². The van der Waals surface area contributed by atoms with Gasteiger partial charge in [-0.1, -0.05) is 15.9 Å². The van der Waals surface area contributed by atoms with Gasteiger partial charge in [0.1, 0.15) is 10.8 Å². The van der Waals surface area contributed by atoms with E-state index in [1.807, 2.05) is 6.07 Å². The second-order valence-electron chi connectivity index (χ2n) is 4.45. The summed E-state index contributed by atoms with van der Waals surface area (Å²) in [7, 11) is 0. The number of rotatable bonds is 1. The van der Waals surface area contributed by atoms with Crippen molar-refractivity contribution in [2.45, 2.75) is 25.3 Å². The minimum atomic E-state index is -0.246. The molecule has 18 heavy (non-hydrogen) atoms. The van der Waals surface area contributed by atoms with Crippen molar-refractivity contribution in [3.63, 3.8) is 0 Å². The van der Waals surface area contributed by atoms with Crippen LogP contribution in [0.5, 0.6) is 0 Å². The highest BCUT2D eigenvalue weighted by Gasteiger charge is 2.23. The maximum Gasteiger partial charge on any atom is 0.134 e. The summed E-state index contributed by atoms with van der Waals surface area (Å²) < 4.78 is 14.6. The topological polar surface area (TPSA) is 38.9 Å². The zero-order valence-electron chi connectivity index (χ0n) is 9.62. The number of nitrogens with two attached hydrogens (primary N) is 1. The van der Waals surface area contributed by atoms with Gasteiger partial charge in [-0.15, -0.1) is 11.3 Å². The molecular formula is C13H12BrFN2S. The fraction of sp³-hybridized carbons (Fsp3) is 0.308. The van der Waals surface area contributed by atoms with Crippen molar-refractivity contribution in [1.29, 1.82) is 0 Å².